The second kappa shape index (κ2) is 12.4. The fraction of sp³-hybridized carbons (Fsp3) is 0.353. The zero-order chi connectivity index (χ0) is 31.7. The normalized spacial score (nSPS) is 21.0. The Kier molecular flexibility index (Phi) is 8.93. The van der Waals surface area contributed by atoms with Gasteiger partial charge in [-0.2, -0.15) is 4.39 Å². The van der Waals surface area contributed by atoms with E-state index in [-0.39, 0.29) is 11.6 Å². The molecule has 232 valence electrons. The first-order valence-electron chi connectivity index (χ1n) is 14.7. The van der Waals surface area contributed by atoms with E-state index in [4.69, 9.17) is 13.9 Å². The Morgan fingerprint density at radius 3 is 1.82 bits per heavy atom. The maximum absolute atomic E-state index is 14.3. The molecule has 2 unspecified atom stereocenters. The number of aromatic nitrogens is 2. The summed E-state index contributed by atoms with van der Waals surface area (Å²) in [6, 6.07) is 29.5. The van der Waals surface area contributed by atoms with Gasteiger partial charge in [0, 0.05) is 0 Å². The molecule has 1 aliphatic heterocycles. The third kappa shape index (κ3) is 6.00. The number of hydrogen-bond acceptors (Lipinski definition) is 6. The van der Waals surface area contributed by atoms with Gasteiger partial charge in [0.15, 0.2) is 14.5 Å². The van der Waals surface area contributed by atoms with E-state index in [9.17, 15) is 19.1 Å². The van der Waals surface area contributed by atoms with Gasteiger partial charge in [-0.15, -0.1) is 0 Å². The quantitative estimate of drug-likeness (QED) is 0.194. The highest BCUT2D eigenvalue weighted by Crippen LogP contribution is 2.44. The molecule has 10 heteroatoms. The lowest BCUT2D eigenvalue weighted by atomic mass is 9.80. The summed E-state index contributed by atoms with van der Waals surface area (Å²) in [7, 11) is -2.50. The number of aromatic amines is 1. The Balaban J connectivity index is 1.60. The Morgan fingerprint density at radius 2 is 1.36 bits per heavy atom. The van der Waals surface area contributed by atoms with Gasteiger partial charge in [-0.1, -0.05) is 112 Å². The molecule has 2 N–H and O–H groups in total. The molecular weight excluding hydrogens is 579 g/mol. The van der Waals surface area contributed by atoms with Gasteiger partial charge in [-0.3, -0.25) is 14.3 Å². The molecule has 0 radical (unpaired) electrons. The van der Waals surface area contributed by atoms with Gasteiger partial charge < -0.3 is 19.0 Å². The molecule has 1 aliphatic rings. The number of ether oxygens (including phenoxy) is 2. The zero-order valence-electron chi connectivity index (χ0n) is 25.6. The van der Waals surface area contributed by atoms with E-state index in [0.717, 1.165) is 27.5 Å². The summed E-state index contributed by atoms with van der Waals surface area (Å²) in [5, 5.41) is 11.4. The first-order chi connectivity index (χ1) is 20.8. The van der Waals surface area contributed by atoms with Crippen molar-refractivity contribution in [1.29, 1.82) is 0 Å². The Labute approximate surface area is 257 Å². The second-order valence-corrected chi connectivity index (χ2v) is 17.4. The fourth-order valence-electron chi connectivity index (χ4n) is 5.37. The number of benzene rings is 3. The van der Waals surface area contributed by atoms with Gasteiger partial charge in [0.25, 0.3) is 5.56 Å². The zero-order valence-corrected chi connectivity index (χ0v) is 26.6. The molecule has 5 rings (SSSR count). The summed E-state index contributed by atoms with van der Waals surface area (Å²) < 4.78 is 35.2. The maximum atomic E-state index is 14.3. The molecule has 0 aliphatic carbocycles. The molecule has 8 nitrogen and oxygen atoms in total. The van der Waals surface area contributed by atoms with Crippen LogP contribution in [0.25, 0.3) is 0 Å². The third-order valence-electron chi connectivity index (χ3n) is 8.75. The van der Waals surface area contributed by atoms with Crippen LogP contribution in [0.2, 0.25) is 18.1 Å². The van der Waals surface area contributed by atoms with Crippen molar-refractivity contribution in [3.8, 4) is 0 Å². The van der Waals surface area contributed by atoms with Gasteiger partial charge in [-0.25, -0.2) is 4.79 Å². The van der Waals surface area contributed by atoms with Crippen LogP contribution in [0, 0.1) is 5.82 Å². The summed E-state index contributed by atoms with van der Waals surface area (Å²) >= 11 is 0. The van der Waals surface area contributed by atoms with Gasteiger partial charge in [0.05, 0.1) is 12.8 Å². The molecule has 0 bridgehead atoms. The van der Waals surface area contributed by atoms with Crippen molar-refractivity contribution < 1.29 is 23.4 Å². The Morgan fingerprint density at radius 1 is 0.886 bits per heavy atom. The van der Waals surface area contributed by atoms with Gasteiger partial charge in [-0.05, 0) is 34.8 Å². The minimum absolute atomic E-state index is 0.0495. The van der Waals surface area contributed by atoms with E-state index in [0.29, 0.717) is 0 Å². The number of nitrogens with one attached hydrogen (secondary N) is 1. The first-order valence-corrected chi connectivity index (χ1v) is 17.6. The fourth-order valence-corrected chi connectivity index (χ4v) is 6.70. The molecule has 1 saturated heterocycles. The predicted octanol–water partition coefficient (Wildman–Crippen LogP) is 5.33. The Bertz CT molecular complexity index is 1570. The van der Waals surface area contributed by atoms with Crippen LogP contribution in [0.5, 0.6) is 0 Å². The predicted molar refractivity (Wildman–Crippen MR) is 168 cm³/mol. The van der Waals surface area contributed by atoms with Crippen LogP contribution in [0.3, 0.4) is 0 Å². The molecule has 0 spiro atoms. The SMILES string of the molecule is CC(C)(C)[Si](C)(C)OC1C(O)[C@@H](n2cc(F)c(=O)[nH]c2=O)O[C@H]1COC(c1ccccc1)(c1ccccc1)c1ccccc1. The van der Waals surface area contributed by atoms with Crippen molar-refractivity contribution >= 4 is 8.32 Å². The van der Waals surface area contributed by atoms with Crippen LogP contribution in [0.15, 0.2) is 107 Å². The van der Waals surface area contributed by atoms with Crippen LogP contribution in [-0.4, -0.2) is 47.9 Å². The maximum Gasteiger partial charge on any atom is 0.330 e. The minimum atomic E-state index is -2.50. The van der Waals surface area contributed by atoms with Crippen molar-refractivity contribution in [2.75, 3.05) is 6.61 Å². The number of hydrogen-bond donors (Lipinski definition) is 2. The molecule has 1 fully saturated rings. The summed E-state index contributed by atoms with van der Waals surface area (Å²) in [5.41, 5.74) is -0.472. The molecule has 3 aromatic carbocycles. The summed E-state index contributed by atoms with van der Waals surface area (Å²) in [6.07, 6.45) is -3.70. The van der Waals surface area contributed by atoms with Gasteiger partial charge >= 0.3 is 5.69 Å². The van der Waals surface area contributed by atoms with Gasteiger partial charge in [0.2, 0.25) is 5.82 Å². The highest BCUT2D eigenvalue weighted by atomic mass is 28.4. The van der Waals surface area contributed by atoms with Crippen LogP contribution in [0.1, 0.15) is 43.7 Å². The summed E-state index contributed by atoms with van der Waals surface area (Å²) in [5.74, 6) is -1.17. The smallest absolute Gasteiger partial charge is 0.330 e. The monoisotopic (exact) mass is 618 g/mol. The minimum Gasteiger partial charge on any atom is -0.408 e. The first kappa shape index (κ1) is 31.7. The summed E-state index contributed by atoms with van der Waals surface area (Å²) in [4.78, 5) is 26.4. The molecular formula is C34H39FN2O6Si. The lowest BCUT2D eigenvalue weighted by molar-refractivity contribution is -0.0949. The number of halogens is 1. The van der Waals surface area contributed by atoms with Crippen molar-refractivity contribution in [3.63, 3.8) is 0 Å². The van der Waals surface area contributed by atoms with Crippen LogP contribution >= 0.6 is 0 Å². The third-order valence-corrected chi connectivity index (χ3v) is 13.2. The molecule has 44 heavy (non-hydrogen) atoms. The lowest BCUT2D eigenvalue weighted by Crippen LogP contribution is -2.50. The number of rotatable bonds is 9. The van der Waals surface area contributed by atoms with Crippen molar-refractivity contribution in [2.24, 2.45) is 0 Å². The average Bonchev–Trinajstić information content (AvgIpc) is 3.30. The number of H-pyrrole nitrogens is 1. The van der Waals surface area contributed by atoms with E-state index in [2.05, 4.69) is 33.9 Å². The molecule has 0 saturated carbocycles. The van der Waals surface area contributed by atoms with E-state index in [1.165, 1.54) is 0 Å². The number of aliphatic hydroxyl groups excluding tert-OH is 1. The number of aliphatic hydroxyl groups is 1. The molecule has 1 aromatic heterocycles. The highest BCUT2D eigenvalue weighted by molar-refractivity contribution is 6.74. The standard InChI is InChI=1S/C34H39FN2O6Si/c1-33(2,3)44(4,5)43-29-27(42-31(28(29)38)37-21-26(35)30(39)36-32(37)40)22-41-34(23-15-9-6-10-16-23,24-17-11-7-12-18-24)25-19-13-8-14-20-25/h6-21,27-29,31,38H,22H2,1-5H3,(H,36,39,40)/t27-,28?,29?,31-/m0/s1. The van der Waals surface area contributed by atoms with Crippen LogP contribution in [-0.2, 0) is 19.5 Å². The topological polar surface area (TPSA) is 103 Å². The largest absolute Gasteiger partial charge is 0.408 e. The number of nitrogens with zero attached hydrogens (tertiary/aromatic N) is 1. The van der Waals surface area contributed by atoms with E-state index in [1.807, 2.05) is 96.0 Å². The summed E-state index contributed by atoms with van der Waals surface area (Å²) in [6.45, 7) is 10.3. The molecule has 4 atom stereocenters. The highest BCUT2D eigenvalue weighted by Gasteiger charge is 2.51. The lowest BCUT2D eigenvalue weighted by Gasteiger charge is -2.41. The van der Waals surface area contributed by atoms with Crippen LogP contribution < -0.4 is 11.2 Å². The van der Waals surface area contributed by atoms with Crippen LogP contribution in [0.4, 0.5) is 4.39 Å². The van der Waals surface area contributed by atoms with E-state index in [1.54, 1.807) is 0 Å². The Hall–Kier alpha value is -3.67. The average molecular weight is 619 g/mol. The van der Waals surface area contributed by atoms with Crippen molar-refractivity contribution in [2.45, 2.75) is 69.0 Å². The molecule has 4 aromatic rings. The second-order valence-electron chi connectivity index (χ2n) is 12.6. The van der Waals surface area contributed by atoms with E-state index < -0.39 is 55.5 Å². The van der Waals surface area contributed by atoms with E-state index >= 15 is 0 Å². The van der Waals surface area contributed by atoms with Crippen molar-refractivity contribution in [3.05, 3.63) is 141 Å². The van der Waals surface area contributed by atoms with Crippen molar-refractivity contribution in [1.82, 2.24) is 9.55 Å². The molecule has 0 amide bonds. The molecule has 2 heterocycles. The van der Waals surface area contributed by atoms with Gasteiger partial charge in [0.1, 0.15) is 23.9 Å².